The maximum atomic E-state index is 9.28. The SMILES string of the molecule is CC(C)(CCO)Sc1ccc2nccc(Nc3ccc4cn[nH]c4c3)c2c1. The lowest BCUT2D eigenvalue weighted by Crippen LogP contribution is -2.16. The molecule has 0 unspecified atom stereocenters. The number of pyridine rings is 1. The molecule has 0 amide bonds. The number of H-pyrrole nitrogens is 1. The van der Waals surface area contributed by atoms with Crippen LogP contribution in [0, 0.1) is 0 Å². The Morgan fingerprint density at radius 2 is 2.04 bits per heavy atom. The van der Waals surface area contributed by atoms with Crippen molar-refractivity contribution in [1.82, 2.24) is 15.2 Å². The molecule has 0 fully saturated rings. The Balaban J connectivity index is 1.68. The second-order valence-corrected chi connectivity index (χ2v) is 8.95. The highest BCUT2D eigenvalue weighted by Gasteiger charge is 2.19. The second-order valence-electron chi connectivity index (χ2n) is 7.17. The molecule has 0 aliphatic heterocycles. The van der Waals surface area contributed by atoms with Crippen molar-refractivity contribution in [3.8, 4) is 0 Å². The minimum absolute atomic E-state index is 0.0239. The predicted octanol–water partition coefficient (Wildman–Crippen LogP) is 5.11. The van der Waals surface area contributed by atoms with Gasteiger partial charge in [0.2, 0.25) is 0 Å². The molecule has 2 aromatic carbocycles. The summed E-state index contributed by atoms with van der Waals surface area (Å²) in [5, 5.41) is 22.0. The molecule has 138 valence electrons. The van der Waals surface area contributed by atoms with E-state index in [2.05, 4.69) is 58.6 Å². The van der Waals surface area contributed by atoms with Crippen LogP contribution in [0.3, 0.4) is 0 Å². The van der Waals surface area contributed by atoms with Crippen LogP contribution in [-0.4, -0.2) is 31.6 Å². The monoisotopic (exact) mass is 378 g/mol. The number of aliphatic hydroxyl groups is 1. The van der Waals surface area contributed by atoms with Gasteiger partial charge in [0.15, 0.2) is 0 Å². The largest absolute Gasteiger partial charge is 0.396 e. The van der Waals surface area contributed by atoms with Crippen molar-refractivity contribution in [2.75, 3.05) is 11.9 Å². The average molecular weight is 379 g/mol. The lowest BCUT2D eigenvalue weighted by molar-refractivity contribution is 0.275. The number of benzene rings is 2. The quantitative estimate of drug-likeness (QED) is 0.407. The Morgan fingerprint density at radius 1 is 1.15 bits per heavy atom. The number of hydrogen-bond donors (Lipinski definition) is 3. The fraction of sp³-hybridized carbons (Fsp3) is 0.238. The Hall–Kier alpha value is -2.57. The fourth-order valence-electron chi connectivity index (χ4n) is 3.11. The Kier molecular flexibility index (Phi) is 4.76. The van der Waals surface area contributed by atoms with E-state index >= 15 is 0 Å². The fourth-order valence-corrected chi connectivity index (χ4v) is 4.25. The zero-order chi connectivity index (χ0) is 18.9. The molecule has 0 saturated heterocycles. The molecule has 0 saturated carbocycles. The summed E-state index contributed by atoms with van der Waals surface area (Å²) >= 11 is 1.77. The molecule has 4 rings (SSSR count). The van der Waals surface area contributed by atoms with Crippen molar-refractivity contribution >= 4 is 44.9 Å². The summed E-state index contributed by atoms with van der Waals surface area (Å²) < 4.78 is -0.0239. The third-order valence-corrected chi connectivity index (χ3v) is 5.79. The van der Waals surface area contributed by atoms with Crippen molar-refractivity contribution in [1.29, 1.82) is 0 Å². The van der Waals surface area contributed by atoms with Crippen molar-refractivity contribution in [3.63, 3.8) is 0 Å². The maximum absolute atomic E-state index is 9.28. The summed E-state index contributed by atoms with van der Waals surface area (Å²) in [5.74, 6) is 0. The van der Waals surface area contributed by atoms with Gasteiger partial charge in [0.1, 0.15) is 0 Å². The summed E-state index contributed by atoms with van der Waals surface area (Å²) in [6, 6.07) is 14.5. The minimum Gasteiger partial charge on any atom is -0.396 e. The smallest absolute Gasteiger partial charge is 0.0723 e. The highest BCUT2D eigenvalue weighted by Crippen LogP contribution is 2.37. The van der Waals surface area contributed by atoms with E-state index in [0.29, 0.717) is 0 Å². The highest BCUT2D eigenvalue weighted by atomic mass is 32.2. The molecule has 27 heavy (non-hydrogen) atoms. The van der Waals surface area contributed by atoms with E-state index in [9.17, 15) is 5.11 Å². The lowest BCUT2D eigenvalue weighted by Gasteiger charge is -2.23. The number of nitrogens with one attached hydrogen (secondary N) is 2. The summed E-state index contributed by atoms with van der Waals surface area (Å²) in [5.41, 5.74) is 3.96. The van der Waals surface area contributed by atoms with E-state index in [1.54, 1.807) is 11.8 Å². The molecule has 0 bridgehead atoms. The van der Waals surface area contributed by atoms with Gasteiger partial charge in [-0.1, -0.05) is 13.8 Å². The molecule has 0 radical (unpaired) electrons. The summed E-state index contributed by atoms with van der Waals surface area (Å²) in [6.07, 6.45) is 4.39. The number of fused-ring (bicyclic) bond motifs is 2. The molecule has 2 aromatic heterocycles. The van der Waals surface area contributed by atoms with Crippen LogP contribution in [0.2, 0.25) is 0 Å². The van der Waals surface area contributed by atoms with Crippen LogP contribution in [0.25, 0.3) is 21.8 Å². The van der Waals surface area contributed by atoms with E-state index in [1.165, 1.54) is 4.90 Å². The number of nitrogens with zero attached hydrogens (tertiary/aromatic N) is 2. The first-order valence-electron chi connectivity index (χ1n) is 8.93. The molecular weight excluding hydrogens is 356 g/mol. The highest BCUT2D eigenvalue weighted by molar-refractivity contribution is 8.00. The van der Waals surface area contributed by atoms with Gasteiger partial charge in [0.05, 0.1) is 17.2 Å². The van der Waals surface area contributed by atoms with Crippen LogP contribution in [-0.2, 0) is 0 Å². The molecular formula is C21H22N4OS. The van der Waals surface area contributed by atoms with Crippen molar-refractivity contribution in [2.45, 2.75) is 29.9 Å². The van der Waals surface area contributed by atoms with Crippen molar-refractivity contribution < 1.29 is 5.11 Å². The zero-order valence-corrected chi connectivity index (χ0v) is 16.2. The first kappa shape index (κ1) is 17.8. The summed E-state index contributed by atoms with van der Waals surface area (Å²) in [4.78, 5) is 5.66. The van der Waals surface area contributed by atoms with Crippen LogP contribution < -0.4 is 5.32 Å². The van der Waals surface area contributed by atoms with E-state index in [0.717, 1.165) is 39.6 Å². The van der Waals surface area contributed by atoms with Gasteiger partial charge in [-0.15, -0.1) is 11.8 Å². The Labute approximate surface area is 162 Å². The molecule has 0 aliphatic rings. The number of hydrogen-bond acceptors (Lipinski definition) is 5. The average Bonchev–Trinajstić information content (AvgIpc) is 3.09. The molecule has 6 heteroatoms. The van der Waals surface area contributed by atoms with Gasteiger partial charge in [0.25, 0.3) is 0 Å². The van der Waals surface area contributed by atoms with Crippen molar-refractivity contribution in [2.24, 2.45) is 0 Å². The maximum Gasteiger partial charge on any atom is 0.0723 e. The van der Waals surface area contributed by atoms with Gasteiger partial charge in [-0.2, -0.15) is 5.10 Å². The standard InChI is InChI=1S/C21H22N4OS/c1-21(2,8-10-26)27-16-5-6-18-17(12-16)19(7-9-22-18)24-15-4-3-14-13-23-25-20(14)11-15/h3-7,9,11-13,26H,8,10H2,1-2H3,(H,22,24)(H,23,25). The molecule has 0 aliphatic carbocycles. The van der Waals surface area contributed by atoms with Crippen LogP contribution in [0.5, 0.6) is 0 Å². The van der Waals surface area contributed by atoms with Crippen LogP contribution in [0.15, 0.2) is 59.8 Å². The van der Waals surface area contributed by atoms with Crippen LogP contribution in [0.1, 0.15) is 20.3 Å². The Bertz CT molecular complexity index is 1090. The number of thioether (sulfide) groups is 1. The third-order valence-electron chi connectivity index (χ3n) is 4.54. The van der Waals surface area contributed by atoms with Crippen molar-refractivity contribution in [3.05, 3.63) is 54.9 Å². The third kappa shape index (κ3) is 3.91. The topological polar surface area (TPSA) is 73.8 Å². The molecule has 3 N–H and O–H groups in total. The van der Waals surface area contributed by atoms with E-state index in [1.807, 2.05) is 30.6 Å². The van der Waals surface area contributed by atoms with Gasteiger partial charge >= 0.3 is 0 Å². The van der Waals surface area contributed by atoms with Gasteiger partial charge in [-0.25, -0.2) is 0 Å². The number of aliphatic hydroxyl groups excluding tert-OH is 1. The second kappa shape index (κ2) is 7.21. The lowest BCUT2D eigenvalue weighted by atomic mass is 10.1. The van der Waals surface area contributed by atoms with E-state index in [4.69, 9.17) is 0 Å². The minimum atomic E-state index is -0.0239. The van der Waals surface area contributed by atoms with Crippen LogP contribution in [0.4, 0.5) is 11.4 Å². The van der Waals surface area contributed by atoms with Gasteiger partial charge in [-0.05, 0) is 48.9 Å². The number of anilines is 2. The molecule has 4 aromatic rings. The van der Waals surface area contributed by atoms with Gasteiger partial charge < -0.3 is 10.4 Å². The first-order valence-corrected chi connectivity index (χ1v) is 9.74. The number of rotatable bonds is 6. The first-order chi connectivity index (χ1) is 13.0. The molecule has 2 heterocycles. The summed E-state index contributed by atoms with van der Waals surface area (Å²) in [6.45, 7) is 4.50. The zero-order valence-electron chi connectivity index (χ0n) is 15.4. The van der Waals surface area contributed by atoms with Gasteiger partial charge in [0, 0.05) is 44.6 Å². The van der Waals surface area contributed by atoms with E-state index in [-0.39, 0.29) is 11.4 Å². The summed E-state index contributed by atoms with van der Waals surface area (Å²) in [7, 11) is 0. The Morgan fingerprint density at radius 3 is 2.89 bits per heavy atom. The van der Waals surface area contributed by atoms with Gasteiger partial charge in [-0.3, -0.25) is 10.1 Å². The normalized spacial score (nSPS) is 12.0. The molecule has 0 spiro atoms. The number of aromatic nitrogens is 3. The number of aromatic amines is 1. The molecule has 5 nitrogen and oxygen atoms in total. The van der Waals surface area contributed by atoms with Crippen LogP contribution >= 0.6 is 11.8 Å². The molecule has 0 atom stereocenters. The predicted molar refractivity (Wildman–Crippen MR) is 113 cm³/mol. The van der Waals surface area contributed by atoms with E-state index < -0.39 is 0 Å².